The van der Waals surface area contributed by atoms with Crippen LogP contribution in [0.2, 0.25) is 0 Å². The molecule has 1 amide bonds. The van der Waals surface area contributed by atoms with Gasteiger partial charge in [-0.25, -0.2) is 4.98 Å². The Bertz CT molecular complexity index is 1130. The normalized spacial score (nSPS) is 12.4. The van der Waals surface area contributed by atoms with Gasteiger partial charge in [-0.15, -0.1) is 0 Å². The number of hydrogen-bond donors (Lipinski definition) is 1. The quantitative estimate of drug-likeness (QED) is 0.443. The van der Waals surface area contributed by atoms with E-state index in [0.29, 0.717) is 22.6 Å². The molecule has 0 aliphatic heterocycles. The number of rotatable bonds is 6. The summed E-state index contributed by atoms with van der Waals surface area (Å²) in [6, 6.07) is 11.5. The first-order valence-corrected chi connectivity index (χ1v) is 11.1. The lowest BCUT2D eigenvalue weighted by atomic mass is 10.1. The van der Waals surface area contributed by atoms with Crippen LogP contribution in [0.25, 0.3) is 10.9 Å². The van der Waals surface area contributed by atoms with Crippen molar-refractivity contribution in [1.82, 2.24) is 9.55 Å². The molecule has 1 N–H and O–H groups in total. The maximum atomic E-state index is 13.1. The second-order valence-electron chi connectivity index (χ2n) is 8.24. The van der Waals surface area contributed by atoms with Gasteiger partial charge in [0.05, 0.1) is 16.2 Å². The number of nitrogens with zero attached hydrogens (tertiary/aromatic N) is 2. The smallest absolute Gasteiger partial charge is 0.262 e. The number of carbonyl (C=O) groups is 1. The average molecular weight is 424 g/mol. The molecule has 0 fully saturated rings. The molecule has 3 aromatic rings. The summed E-state index contributed by atoms with van der Waals surface area (Å²) in [5.41, 5.74) is 4.70. The van der Waals surface area contributed by atoms with Crippen LogP contribution in [0.15, 0.2) is 46.3 Å². The Morgan fingerprint density at radius 3 is 2.37 bits per heavy atom. The molecular weight excluding hydrogens is 394 g/mol. The first-order valence-electron chi connectivity index (χ1n) is 10.2. The summed E-state index contributed by atoms with van der Waals surface area (Å²) in [7, 11) is 0. The number of para-hydroxylation sites is 1. The number of thioether (sulfide) groups is 1. The van der Waals surface area contributed by atoms with E-state index in [9.17, 15) is 9.59 Å². The van der Waals surface area contributed by atoms with Gasteiger partial charge in [0.1, 0.15) is 0 Å². The zero-order valence-corrected chi connectivity index (χ0v) is 19.3. The van der Waals surface area contributed by atoms with E-state index in [1.807, 2.05) is 45.9 Å². The molecule has 30 heavy (non-hydrogen) atoms. The van der Waals surface area contributed by atoms with Crippen molar-refractivity contribution in [3.63, 3.8) is 0 Å². The van der Waals surface area contributed by atoms with E-state index < -0.39 is 5.25 Å². The van der Waals surface area contributed by atoms with E-state index in [2.05, 4.69) is 31.3 Å². The Kier molecular flexibility index (Phi) is 6.66. The van der Waals surface area contributed by atoms with Crippen LogP contribution in [-0.2, 0) is 11.3 Å². The summed E-state index contributed by atoms with van der Waals surface area (Å²) in [5, 5.41) is 3.84. The van der Waals surface area contributed by atoms with E-state index in [1.54, 1.807) is 10.6 Å². The highest BCUT2D eigenvalue weighted by atomic mass is 32.2. The van der Waals surface area contributed by atoms with E-state index in [4.69, 9.17) is 4.98 Å². The second-order valence-corrected chi connectivity index (χ2v) is 9.55. The van der Waals surface area contributed by atoms with Crippen LogP contribution >= 0.6 is 11.8 Å². The monoisotopic (exact) mass is 423 g/mol. The molecule has 1 atom stereocenters. The van der Waals surface area contributed by atoms with Gasteiger partial charge < -0.3 is 5.32 Å². The molecule has 6 heteroatoms. The fourth-order valence-electron chi connectivity index (χ4n) is 3.58. The summed E-state index contributed by atoms with van der Waals surface area (Å²) >= 11 is 1.32. The number of anilines is 1. The molecule has 2 aromatic carbocycles. The Balaban J connectivity index is 1.91. The third-order valence-electron chi connectivity index (χ3n) is 4.95. The molecule has 5 nitrogen and oxygen atoms in total. The van der Waals surface area contributed by atoms with Crippen molar-refractivity contribution in [2.75, 3.05) is 5.32 Å². The zero-order chi connectivity index (χ0) is 22.0. The summed E-state index contributed by atoms with van der Waals surface area (Å²) in [6.45, 7) is 12.6. The van der Waals surface area contributed by atoms with Crippen molar-refractivity contribution in [1.29, 1.82) is 0 Å². The molecular formula is C24H29N3O2S. The number of amides is 1. The second kappa shape index (κ2) is 9.04. The van der Waals surface area contributed by atoms with E-state index >= 15 is 0 Å². The van der Waals surface area contributed by atoms with Crippen molar-refractivity contribution in [3.05, 3.63) is 63.4 Å². The van der Waals surface area contributed by atoms with Crippen LogP contribution < -0.4 is 10.9 Å². The number of aryl methyl sites for hydroxylation is 3. The maximum absolute atomic E-state index is 13.1. The van der Waals surface area contributed by atoms with Crippen LogP contribution in [0.1, 0.15) is 37.5 Å². The molecule has 158 valence electrons. The summed E-state index contributed by atoms with van der Waals surface area (Å²) in [4.78, 5) is 30.7. The SMILES string of the molecule is Cc1cc(C)c(NC(=O)[C@@H](C)Sc2nc3ccccc3c(=O)n2CC(C)C)c(C)c1. The lowest BCUT2D eigenvalue weighted by Gasteiger charge is -2.19. The minimum Gasteiger partial charge on any atom is -0.325 e. The summed E-state index contributed by atoms with van der Waals surface area (Å²) in [5.74, 6) is 0.181. The van der Waals surface area contributed by atoms with E-state index in [-0.39, 0.29) is 17.4 Å². The Morgan fingerprint density at radius 1 is 1.10 bits per heavy atom. The van der Waals surface area contributed by atoms with Gasteiger partial charge in [0, 0.05) is 12.2 Å². The Hall–Kier alpha value is -2.60. The van der Waals surface area contributed by atoms with Gasteiger partial charge in [-0.1, -0.05) is 55.4 Å². The van der Waals surface area contributed by atoms with Crippen LogP contribution in [0.4, 0.5) is 5.69 Å². The van der Waals surface area contributed by atoms with Gasteiger partial charge in [-0.05, 0) is 56.9 Å². The molecule has 1 aromatic heterocycles. The minimum atomic E-state index is -0.406. The third kappa shape index (κ3) is 4.75. The predicted octanol–water partition coefficient (Wildman–Crippen LogP) is 5.10. The highest BCUT2D eigenvalue weighted by Gasteiger charge is 2.21. The van der Waals surface area contributed by atoms with Crippen LogP contribution in [-0.4, -0.2) is 20.7 Å². The Labute approximate surface area is 181 Å². The number of nitrogens with one attached hydrogen (secondary N) is 1. The van der Waals surface area contributed by atoms with Crippen molar-refractivity contribution in [2.24, 2.45) is 5.92 Å². The van der Waals surface area contributed by atoms with Gasteiger partial charge in [0.15, 0.2) is 5.16 Å². The first kappa shape index (κ1) is 22.1. The van der Waals surface area contributed by atoms with Gasteiger partial charge in [0.2, 0.25) is 5.91 Å². The molecule has 0 saturated carbocycles. The highest BCUT2D eigenvalue weighted by molar-refractivity contribution is 8.00. The number of aromatic nitrogens is 2. The van der Waals surface area contributed by atoms with Crippen molar-refractivity contribution in [2.45, 2.75) is 58.5 Å². The minimum absolute atomic E-state index is 0.0605. The van der Waals surface area contributed by atoms with E-state index in [0.717, 1.165) is 16.8 Å². The van der Waals surface area contributed by atoms with Crippen LogP contribution in [0, 0.1) is 26.7 Å². The van der Waals surface area contributed by atoms with Gasteiger partial charge in [-0.3, -0.25) is 14.2 Å². The molecule has 0 saturated heterocycles. The molecule has 0 aliphatic carbocycles. The molecule has 3 rings (SSSR count). The molecule has 0 unspecified atom stereocenters. The first-order chi connectivity index (χ1) is 14.2. The molecule has 1 heterocycles. The molecule has 0 bridgehead atoms. The Morgan fingerprint density at radius 2 is 1.73 bits per heavy atom. The standard InChI is InChI=1S/C24H29N3O2S/c1-14(2)13-27-23(29)19-9-7-8-10-20(19)25-24(27)30-18(6)22(28)26-21-16(4)11-15(3)12-17(21)5/h7-12,14,18H,13H2,1-6H3,(H,26,28)/t18-/m1/s1. The zero-order valence-electron chi connectivity index (χ0n) is 18.4. The number of benzene rings is 2. The van der Waals surface area contributed by atoms with Crippen molar-refractivity contribution in [3.8, 4) is 0 Å². The number of carbonyl (C=O) groups excluding carboxylic acids is 1. The molecule has 0 aliphatic rings. The van der Waals surface area contributed by atoms with Crippen molar-refractivity contribution >= 4 is 34.3 Å². The summed E-state index contributed by atoms with van der Waals surface area (Å²) in [6.07, 6.45) is 0. The summed E-state index contributed by atoms with van der Waals surface area (Å²) < 4.78 is 1.70. The maximum Gasteiger partial charge on any atom is 0.262 e. The third-order valence-corrected chi connectivity index (χ3v) is 6.04. The lowest BCUT2D eigenvalue weighted by Crippen LogP contribution is -2.28. The van der Waals surface area contributed by atoms with Gasteiger partial charge in [0.25, 0.3) is 5.56 Å². The lowest BCUT2D eigenvalue weighted by molar-refractivity contribution is -0.115. The van der Waals surface area contributed by atoms with Crippen LogP contribution in [0.5, 0.6) is 0 Å². The topological polar surface area (TPSA) is 64.0 Å². The van der Waals surface area contributed by atoms with Crippen molar-refractivity contribution < 1.29 is 4.79 Å². The van der Waals surface area contributed by atoms with Crippen LogP contribution in [0.3, 0.4) is 0 Å². The number of hydrogen-bond acceptors (Lipinski definition) is 4. The fourth-order valence-corrected chi connectivity index (χ4v) is 4.50. The van der Waals surface area contributed by atoms with E-state index in [1.165, 1.54) is 17.3 Å². The predicted molar refractivity (Wildman–Crippen MR) is 125 cm³/mol. The average Bonchev–Trinajstić information content (AvgIpc) is 2.67. The highest BCUT2D eigenvalue weighted by Crippen LogP contribution is 2.26. The fraction of sp³-hybridized carbons (Fsp3) is 0.375. The molecule has 0 radical (unpaired) electrons. The van der Waals surface area contributed by atoms with Gasteiger partial charge in [-0.2, -0.15) is 0 Å². The number of fused-ring (bicyclic) bond motifs is 1. The molecule has 0 spiro atoms. The van der Waals surface area contributed by atoms with Gasteiger partial charge >= 0.3 is 0 Å². The largest absolute Gasteiger partial charge is 0.325 e.